The van der Waals surface area contributed by atoms with Crippen molar-refractivity contribution in [1.82, 2.24) is 5.32 Å². The van der Waals surface area contributed by atoms with Gasteiger partial charge < -0.3 is 16.0 Å². The molecule has 4 nitrogen and oxygen atoms in total. The molecule has 3 rings (SSSR count). The highest BCUT2D eigenvalue weighted by Gasteiger charge is 2.49. The first kappa shape index (κ1) is 13.7. The van der Waals surface area contributed by atoms with E-state index in [0.717, 1.165) is 25.3 Å². The van der Waals surface area contributed by atoms with Crippen LogP contribution >= 0.6 is 11.6 Å². The molecule has 0 aromatic heterocycles. The van der Waals surface area contributed by atoms with E-state index in [1.54, 1.807) is 6.07 Å². The SMILES string of the molecule is CC1(C)C2CNCC2CN1c1ccc(C(N)=O)c(Cl)c1. The Labute approximate surface area is 124 Å². The molecule has 1 aromatic carbocycles. The van der Waals surface area contributed by atoms with Gasteiger partial charge in [0.1, 0.15) is 0 Å². The molecular formula is C15H20ClN3O. The van der Waals surface area contributed by atoms with Crippen LogP contribution in [0.2, 0.25) is 5.02 Å². The summed E-state index contributed by atoms with van der Waals surface area (Å²) in [5, 5.41) is 3.90. The fourth-order valence-electron chi connectivity index (χ4n) is 3.73. The minimum absolute atomic E-state index is 0.0890. The number of benzene rings is 1. The highest BCUT2D eigenvalue weighted by Crippen LogP contribution is 2.43. The van der Waals surface area contributed by atoms with Crippen LogP contribution in [-0.2, 0) is 0 Å². The normalized spacial score (nSPS) is 27.6. The Morgan fingerprint density at radius 2 is 2.20 bits per heavy atom. The summed E-state index contributed by atoms with van der Waals surface area (Å²) in [4.78, 5) is 13.7. The fraction of sp³-hybridized carbons (Fsp3) is 0.533. The number of hydrogen-bond acceptors (Lipinski definition) is 3. The number of halogens is 1. The minimum atomic E-state index is -0.483. The molecule has 0 radical (unpaired) electrons. The second-order valence-corrected chi connectivity index (χ2v) is 6.72. The molecular weight excluding hydrogens is 274 g/mol. The van der Waals surface area contributed by atoms with Gasteiger partial charge in [-0.1, -0.05) is 11.6 Å². The summed E-state index contributed by atoms with van der Waals surface area (Å²) in [6.45, 7) is 7.73. The second-order valence-electron chi connectivity index (χ2n) is 6.32. The molecule has 108 valence electrons. The summed E-state index contributed by atoms with van der Waals surface area (Å²) in [7, 11) is 0. The molecule has 0 saturated carbocycles. The summed E-state index contributed by atoms with van der Waals surface area (Å²) in [5.74, 6) is 0.847. The predicted molar refractivity (Wildman–Crippen MR) is 81.2 cm³/mol. The second kappa shape index (κ2) is 4.64. The highest BCUT2D eigenvalue weighted by atomic mass is 35.5. The van der Waals surface area contributed by atoms with Gasteiger partial charge in [-0.25, -0.2) is 0 Å². The van der Waals surface area contributed by atoms with Gasteiger partial charge in [-0.05, 0) is 43.9 Å². The molecule has 2 aliphatic heterocycles. The number of fused-ring (bicyclic) bond motifs is 1. The molecule has 2 saturated heterocycles. The third kappa shape index (κ3) is 1.98. The molecule has 20 heavy (non-hydrogen) atoms. The Morgan fingerprint density at radius 1 is 1.45 bits per heavy atom. The number of amides is 1. The summed E-state index contributed by atoms with van der Waals surface area (Å²) >= 11 is 6.18. The lowest BCUT2D eigenvalue weighted by molar-refractivity contribution is 0.100. The van der Waals surface area contributed by atoms with E-state index in [0.29, 0.717) is 22.4 Å². The zero-order valence-corrected chi connectivity index (χ0v) is 12.6. The quantitative estimate of drug-likeness (QED) is 0.875. The number of primary amides is 1. The van der Waals surface area contributed by atoms with Gasteiger partial charge in [0, 0.05) is 30.9 Å². The smallest absolute Gasteiger partial charge is 0.250 e. The van der Waals surface area contributed by atoms with Crippen LogP contribution in [0.15, 0.2) is 18.2 Å². The molecule has 2 aliphatic rings. The third-order valence-corrected chi connectivity index (χ3v) is 5.20. The van der Waals surface area contributed by atoms with Crippen molar-refractivity contribution >= 4 is 23.2 Å². The van der Waals surface area contributed by atoms with E-state index in [1.807, 2.05) is 12.1 Å². The number of carbonyl (C=O) groups is 1. The lowest BCUT2D eigenvalue weighted by Crippen LogP contribution is -2.44. The van der Waals surface area contributed by atoms with E-state index in [2.05, 4.69) is 24.1 Å². The number of hydrogen-bond donors (Lipinski definition) is 2. The maximum Gasteiger partial charge on any atom is 0.250 e. The summed E-state index contributed by atoms with van der Waals surface area (Å²) in [5.41, 5.74) is 6.84. The Hall–Kier alpha value is -1.26. The van der Waals surface area contributed by atoms with E-state index in [9.17, 15) is 4.79 Å². The van der Waals surface area contributed by atoms with Crippen molar-refractivity contribution in [2.75, 3.05) is 24.5 Å². The third-order valence-electron chi connectivity index (χ3n) is 4.89. The van der Waals surface area contributed by atoms with E-state index < -0.39 is 5.91 Å². The average molecular weight is 294 g/mol. The first-order chi connectivity index (χ1) is 9.41. The van der Waals surface area contributed by atoms with Crippen molar-refractivity contribution in [1.29, 1.82) is 0 Å². The predicted octanol–water partition coefficient (Wildman–Crippen LogP) is 1.87. The van der Waals surface area contributed by atoms with Crippen LogP contribution in [0.25, 0.3) is 0 Å². The van der Waals surface area contributed by atoms with Gasteiger partial charge in [-0.15, -0.1) is 0 Å². The summed E-state index contributed by atoms with van der Waals surface area (Å²) in [6.07, 6.45) is 0. The van der Waals surface area contributed by atoms with Crippen LogP contribution in [0.1, 0.15) is 24.2 Å². The minimum Gasteiger partial charge on any atom is -0.366 e. The van der Waals surface area contributed by atoms with Crippen molar-refractivity contribution in [2.24, 2.45) is 17.6 Å². The zero-order valence-electron chi connectivity index (χ0n) is 11.8. The van der Waals surface area contributed by atoms with E-state index in [4.69, 9.17) is 17.3 Å². The average Bonchev–Trinajstić information content (AvgIpc) is 2.91. The van der Waals surface area contributed by atoms with Gasteiger partial charge in [-0.3, -0.25) is 4.79 Å². The Kier molecular flexibility index (Phi) is 3.18. The number of nitrogens with one attached hydrogen (secondary N) is 1. The highest BCUT2D eigenvalue weighted by molar-refractivity contribution is 6.34. The van der Waals surface area contributed by atoms with Crippen LogP contribution in [0, 0.1) is 11.8 Å². The molecule has 3 N–H and O–H groups in total. The first-order valence-corrected chi connectivity index (χ1v) is 7.37. The van der Waals surface area contributed by atoms with Gasteiger partial charge in [-0.2, -0.15) is 0 Å². The van der Waals surface area contributed by atoms with Gasteiger partial charge in [0.25, 0.3) is 0 Å². The Balaban J connectivity index is 1.94. The van der Waals surface area contributed by atoms with E-state index in [1.165, 1.54) is 0 Å². The number of rotatable bonds is 2. The summed E-state index contributed by atoms with van der Waals surface area (Å²) in [6, 6.07) is 5.53. The monoisotopic (exact) mass is 293 g/mol. The lowest BCUT2D eigenvalue weighted by atomic mass is 9.84. The van der Waals surface area contributed by atoms with Crippen LogP contribution in [0.4, 0.5) is 5.69 Å². The Morgan fingerprint density at radius 3 is 2.80 bits per heavy atom. The topological polar surface area (TPSA) is 58.4 Å². The molecule has 2 fully saturated rings. The molecule has 0 spiro atoms. The standard InChI is InChI=1S/C15H20ClN3O/c1-15(2)12-7-18-6-9(12)8-19(15)10-3-4-11(14(17)20)13(16)5-10/h3-5,9,12,18H,6-8H2,1-2H3,(H2,17,20). The van der Waals surface area contributed by atoms with Crippen LogP contribution in [0.3, 0.4) is 0 Å². The number of nitrogens with two attached hydrogens (primary N) is 1. The van der Waals surface area contributed by atoms with Crippen molar-refractivity contribution < 1.29 is 4.79 Å². The summed E-state index contributed by atoms with van der Waals surface area (Å²) < 4.78 is 0. The number of anilines is 1. The Bertz CT molecular complexity index is 558. The van der Waals surface area contributed by atoms with Crippen molar-refractivity contribution in [3.8, 4) is 0 Å². The van der Waals surface area contributed by atoms with Gasteiger partial charge in [0.05, 0.1) is 10.6 Å². The molecule has 0 bridgehead atoms. The van der Waals surface area contributed by atoms with E-state index >= 15 is 0 Å². The lowest BCUT2D eigenvalue weighted by Gasteiger charge is -2.37. The molecule has 5 heteroatoms. The fourth-order valence-corrected chi connectivity index (χ4v) is 4.00. The maximum atomic E-state index is 11.3. The molecule has 2 unspecified atom stereocenters. The van der Waals surface area contributed by atoms with E-state index in [-0.39, 0.29) is 5.54 Å². The van der Waals surface area contributed by atoms with Gasteiger partial charge >= 0.3 is 0 Å². The number of nitrogens with zero attached hydrogens (tertiary/aromatic N) is 1. The van der Waals surface area contributed by atoms with Gasteiger partial charge in [0.15, 0.2) is 0 Å². The van der Waals surface area contributed by atoms with Gasteiger partial charge in [0.2, 0.25) is 5.91 Å². The van der Waals surface area contributed by atoms with Crippen molar-refractivity contribution in [2.45, 2.75) is 19.4 Å². The first-order valence-electron chi connectivity index (χ1n) is 6.99. The number of carbonyl (C=O) groups excluding carboxylic acids is 1. The zero-order chi connectivity index (χ0) is 14.5. The van der Waals surface area contributed by atoms with Crippen molar-refractivity contribution in [3.63, 3.8) is 0 Å². The molecule has 1 amide bonds. The van der Waals surface area contributed by atoms with Crippen LogP contribution in [-0.4, -0.2) is 31.1 Å². The molecule has 1 aromatic rings. The molecule has 2 heterocycles. The molecule has 0 aliphatic carbocycles. The maximum absolute atomic E-state index is 11.3. The largest absolute Gasteiger partial charge is 0.366 e. The molecule has 2 atom stereocenters. The van der Waals surface area contributed by atoms with Crippen molar-refractivity contribution in [3.05, 3.63) is 28.8 Å². The van der Waals surface area contributed by atoms with Crippen LogP contribution < -0.4 is 16.0 Å². The van der Waals surface area contributed by atoms with Crippen LogP contribution in [0.5, 0.6) is 0 Å².